The lowest BCUT2D eigenvalue weighted by atomic mass is 10.1. The number of thioether (sulfide) groups is 1. The van der Waals surface area contributed by atoms with Crippen molar-refractivity contribution in [1.29, 1.82) is 5.26 Å². The highest BCUT2D eigenvalue weighted by Crippen LogP contribution is 2.51. The molecular formula is C16H19NO3S. The third-order valence-electron chi connectivity index (χ3n) is 3.61. The van der Waals surface area contributed by atoms with Gasteiger partial charge in [0.1, 0.15) is 11.8 Å². The first-order valence-corrected chi connectivity index (χ1v) is 8.11. The molecule has 0 bridgehead atoms. The number of rotatable bonds is 8. The van der Waals surface area contributed by atoms with Crippen molar-refractivity contribution in [2.75, 3.05) is 25.2 Å². The summed E-state index contributed by atoms with van der Waals surface area (Å²) in [6.07, 6.45) is 2.73. The van der Waals surface area contributed by atoms with E-state index in [0.29, 0.717) is 24.3 Å². The van der Waals surface area contributed by atoms with Gasteiger partial charge in [0.05, 0.1) is 25.7 Å². The topological polar surface area (TPSA) is 59.3 Å². The molecule has 0 aromatic heterocycles. The molecule has 112 valence electrons. The first-order valence-electron chi connectivity index (χ1n) is 6.96. The Balaban J connectivity index is 1.67. The lowest BCUT2D eigenvalue weighted by molar-refractivity contribution is -0.141. The Labute approximate surface area is 129 Å². The zero-order valence-electron chi connectivity index (χ0n) is 12.1. The van der Waals surface area contributed by atoms with Gasteiger partial charge in [-0.15, -0.1) is 0 Å². The van der Waals surface area contributed by atoms with Gasteiger partial charge >= 0.3 is 5.97 Å². The summed E-state index contributed by atoms with van der Waals surface area (Å²) in [5.41, 5.74) is 0.717. The second kappa shape index (κ2) is 7.37. The zero-order chi connectivity index (χ0) is 15.1. The Morgan fingerprint density at radius 1 is 1.43 bits per heavy atom. The van der Waals surface area contributed by atoms with E-state index in [4.69, 9.17) is 14.7 Å². The molecule has 4 nitrogen and oxygen atoms in total. The van der Waals surface area contributed by atoms with Crippen LogP contribution in [0.15, 0.2) is 24.3 Å². The van der Waals surface area contributed by atoms with Crippen molar-refractivity contribution < 1.29 is 14.3 Å². The molecule has 2 rings (SSSR count). The first kappa shape index (κ1) is 15.7. The van der Waals surface area contributed by atoms with Crippen molar-refractivity contribution in [2.45, 2.75) is 19.3 Å². The summed E-state index contributed by atoms with van der Waals surface area (Å²) < 4.78 is 10.4. The Hall–Kier alpha value is -1.67. The van der Waals surface area contributed by atoms with Crippen LogP contribution in [0.1, 0.15) is 24.8 Å². The van der Waals surface area contributed by atoms with Crippen molar-refractivity contribution in [2.24, 2.45) is 5.41 Å². The fraction of sp³-hybridized carbons (Fsp3) is 0.500. The number of esters is 1. The molecule has 1 aliphatic rings. The molecule has 0 atom stereocenters. The molecule has 1 fully saturated rings. The smallest absolute Gasteiger partial charge is 0.306 e. The number of nitriles is 1. The Morgan fingerprint density at radius 3 is 2.86 bits per heavy atom. The minimum atomic E-state index is -0.118. The number of para-hydroxylation sites is 1. The van der Waals surface area contributed by atoms with E-state index in [2.05, 4.69) is 6.07 Å². The second-order valence-corrected chi connectivity index (χ2v) is 6.37. The summed E-state index contributed by atoms with van der Waals surface area (Å²) in [5, 5.41) is 8.96. The predicted molar refractivity (Wildman–Crippen MR) is 82.3 cm³/mol. The maximum Gasteiger partial charge on any atom is 0.306 e. The van der Waals surface area contributed by atoms with E-state index in [1.807, 2.05) is 18.2 Å². The molecule has 0 unspecified atom stereocenters. The third kappa shape index (κ3) is 4.68. The molecule has 21 heavy (non-hydrogen) atoms. The minimum Gasteiger partial charge on any atom is -0.491 e. The summed E-state index contributed by atoms with van der Waals surface area (Å²) in [6, 6.07) is 9.36. The largest absolute Gasteiger partial charge is 0.491 e. The highest BCUT2D eigenvalue weighted by atomic mass is 32.2. The molecule has 1 aliphatic carbocycles. The fourth-order valence-corrected chi connectivity index (χ4v) is 3.28. The second-order valence-electron chi connectivity index (χ2n) is 5.26. The number of carbonyl (C=O) groups excluding carboxylic acids is 1. The van der Waals surface area contributed by atoms with Crippen molar-refractivity contribution in [3.05, 3.63) is 29.8 Å². The van der Waals surface area contributed by atoms with E-state index in [9.17, 15) is 4.79 Å². The van der Waals surface area contributed by atoms with E-state index in [-0.39, 0.29) is 11.4 Å². The Morgan fingerprint density at radius 2 is 2.19 bits per heavy atom. The van der Waals surface area contributed by atoms with Gasteiger partial charge in [0.25, 0.3) is 0 Å². The molecule has 0 heterocycles. The SMILES string of the molecule is COC(=O)CC1(CSCCOc2ccccc2C#N)CC1. The molecule has 1 aromatic carbocycles. The van der Waals surface area contributed by atoms with E-state index in [1.165, 1.54) is 7.11 Å². The molecule has 5 heteroatoms. The molecule has 0 radical (unpaired) electrons. The highest BCUT2D eigenvalue weighted by molar-refractivity contribution is 7.99. The van der Waals surface area contributed by atoms with Crippen LogP contribution in [0.4, 0.5) is 0 Å². The average Bonchev–Trinajstić information content (AvgIpc) is 3.27. The van der Waals surface area contributed by atoms with Crippen molar-refractivity contribution in [3.63, 3.8) is 0 Å². The van der Waals surface area contributed by atoms with Crippen LogP contribution in [-0.4, -0.2) is 31.2 Å². The lowest BCUT2D eigenvalue weighted by Gasteiger charge is -2.13. The molecule has 0 N–H and O–H groups in total. The van der Waals surface area contributed by atoms with Gasteiger partial charge in [0, 0.05) is 5.75 Å². The first-order chi connectivity index (χ1) is 10.2. The summed E-state index contributed by atoms with van der Waals surface area (Å²) in [5.74, 6) is 2.33. The quantitative estimate of drug-likeness (QED) is 0.546. The van der Waals surface area contributed by atoms with Crippen LogP contribution in [0.2, 0.25) is 0 Å². The van der Waals surface area contributed by atoms with Gasteiger partial charge in [-0.2, -0.15) is 17.0 Å². The number of nitrogens with zero attached hydrogens (tertiary/aromatic N) is 1. The number of methoxy groups -OCH3 is 1. The van der Waals surface area contributed by atoms with Crippen LogP contribution in [0.3, 0.4) is 0 Å². The van der Waals surface area contributed by atoms with Gasteiger partial charge in [0.15, 0.2) is 0 Å². The molecule has 0 amide bonds. The minimum absolute atomic E-state index is 0.118. The normalized spacial score (nSPS) is 15.0. The summed E-state index contributed by atoms with van der Waals surface area (Å²) >= 11 is 1.79. The van der Waals surface area contributed by atoms with Gasteiger partial charge < -0.3 is 9.47 Å². The lowest BCUT2D eigenvalue weighted by Crippen LogP contribution is -2.14. The van der Waals surface area contributed by atoms with Crippen molar-refractivity contribution in [1.82, 2.24) is 0 Å². The van der Waals surface area contributed by atoms with Crippen LogP contribution in [0.5, 0.6) is 5.75 Å². The third-order valence-corrected chi connectivity index (χ3v) is 4.88. The molecule has 1 aromatic rings. The van der Waals surface area contributed by atoms with Gasteiger partial charge in [-0.3, -0.25) is 4.79 Å². The number of ether oxygens (including phenoxy) is 2. The Kier molecular flexibility index (Phi) is 5.51. The summed E-state index contributed by atoms with van der Waals surface area (Å²) in [6.45, 7) is 0.567. The predicted octanol–water partition coefficient (Wildman–Crippen LogP) is 3.01. The summed E-state index contributed by atoms with van der Waals surface area (Å²) in [7, 11) is 1.44. The average molecular weight is 305 g/mol. The summed E-state index contributed by atoms with van der Waals surface area (Å²) in [4.78, 5) is 11.3. The fourth-order valence-electron chi connectivity index (χ4n) is 2.11. The van der Waals surface area contributed by atoms with Crippen molar-refractivity contribution in [3.8, 4) is 11.8 Å². The van der Waals surface area contributed by atoms with E-state index >= 15 is 0 Å². The van der Waals surface area contributed by atoms with Crippen LogP contribution in [0.25, 0.3) is 0 Å². The monoisotopic (exact) mass is 305 g/mol. The maximum absolute atomic E-state index is 11.3. The van der Waals surface area contributed by atoms with E-state index < -0.39 is 0 Å². The number of hydrogen-bond acceptors (Lipinski definition) is 5. The highest BCUT2D eigenvalue weighted by Gasteiger charge is 2.44. The molecule has 0 saturated heterocycles. The molecule has 0 spiro atoms. The van der Waals surface area contributed by atoms with E-state index in [1.54, 1.807) is 17.8 Å². The number of carbonyl (C=O) groups is 1. The van der Waals surface area contributed by atoms with Crippen LogP contribution >= 0.6 is 11.8 Å². The van der Waals surface area contributed by atoms with Crippen LogP contribution in [0, 0.1) is 16.7 Å². The molecule has 1 saturated carbocycles. The Bertz CT molecular complexity index is 535. The van der Waals surface area contributed by atoms with Gasteiger partial charge in [-0.1, -0.05) is 12.1 Å². The van der Waals surface area contributed by atoms with Gasteiger partial charge in [0.2, 0.25) is 0 Å². The molecular weight excluding hydrogens is 286 g/mol. The van der Waals surface area contributed by atoms with Crippen LogP contribution < -0.4 is 4.74 Å². The maximum atomic E-state index is 11.3. The van der Waals surface area contributed by atoms with E-state index in [0.717, 1.165) is 24.3 Å². The van der Waals surface area contributed by atoms with Gasteiger partial charge in [-0.25, -0.2) is 0 Å². The number of hydrogen-bond donors (Lipinski definition) is 0. The number of benzene rings is 1. The standard InChI is InChI=1S/C16H19NO3S/c1-19-15(18)10-16(6-7-16)12-21-9-8-20-14-5-3-2-4-13(14)11-17/h2-5H,6-10,12H2,1H3. The van der Waals surface area contributed by atoms with Crippen LogP contribution in [-0.2, 0) is 9.53 Å². The molecule has 0 aliphatic heterocycles. The van der Waals surface area contributed by atoms with Crippen molar-refractivity contribution >= 4 is 17.7 Å². The zero-order valence-corrected chi connectivity index (χ0v) is 12.9. The van der Waals surface area contributed by atoms with Gasteiger partial charge in [-0.05, 0) is 36.1 Å².